The van der Waals surface area contributed by atoms with Crippen LogP contribution in [0.5, 0.6) is 11.5 Å². The summed E-state index contributed by atoms with van der Waals surface area (Å²) in [5, 5.41) is 8.06. The van der Waals surface area contributed by atoms with E-state index in [1.165, 1.54) is 18.7 Å². The van der Waals surface area contributed by atoms with Gasteiger partial charge in [-0.1, -0.05) is 11.8 Å². The van der Waals surface area contributed by atoms with Gasteiger partial charge >= 0.3 is 0 Å². The molecule has 2 rings (SSSR count). The number of aromatic nitrogens is 2. The molecular weight excluding hydrogens is 292 g/mol. The molecule has 0 spiro atoms. The largest absolute Gasteiger partial charge is 0.493 e. The summed E-state index contributed by atoms with van der Waals surface area (Å²) in [6.45, 7) is 3.33. The molecule has 0 saturated carbocycles. The molecule has 0 aliphatic heterocycles. The first-order chi connectivity index (χ1) is 10.0. The number of ketones is 1. The van der Waals surface area contributed by atoms with Gasteiger partial charge in [-0.25, -0.2) is 0 Å². The number of Topliss-reactive ketones (excluding diaryl/α,β-unsaturated/α-hetero) is 1. The van der Waals surface area contributed by atoms with Crippen LogP contribution < -0.4 is 9.47 Å². The van der Waals surface area contributed by atoms with Crippen LogP contribution in [0.2, 0.25) is 0 Å². The lowest BCUT2D eigenvalue weighted by Crippen LogP contribution is -2.07. The molecule has 0 unspecified atom stereocenters. The smallest absolute Gasteiger partial charge is 0.277 e. The fraction of sp³-hybridized carbons (Fsp3) is 0.357. The van der Waals surface area contributed by atoms with E-state index in [1.54, 1.807) is 39.3 Å². The van der Waals surface area contributed by atoms with Crippen molar-refractivity contribution in [3.8, 4) is 23.0 Å². The maximum Gasteiger partial charge on any atom is 0.277 e. The molecule has 112 valence electrons. The second kappa shape index (κ2) is 6.62. The number of methoxy groups -OCH3 is 2. The van der Waals surface area contributed by atoms with Crippen molar-refractivity contribution in [3.05, 3.63) is 18.2 Å². The summed E-state index contributed by atoms with van der Waals surface area (Å²) < 4.78 is 16.0. The third-order valence-corrected chi connectivity index (χ3v) is 3.94. The maximum absolute atomic E-state index is 11.2. The molecule has 0 bridgehead atoms. The summed E-state index contributed by atoms with van der Waals surface area (Å²) in [5.74, 6) is 1.64. The molecule has 6 nitrogen and oxygen atoms in total. The first-order valence-corrected chi connectivity index (χ1v) is 7.16. The Labute approximate surface area is 126 Å². The highest BCUT2D eigenvalue weighted by Gasteiger charge is 2.16. The highest BCUT2D eigenvalue weighted by molar-refractivity contribution is 8.00. The summed E-state index contributed by atoms with van der Waals surface area (Å²) in [4.78, 5) is 11.2. The van der Waals surface area contributed by atoms with Gasteiger partial charge in [-0.2, -0.15) is 0 Å². The van der Waals surface area contributed by atoms with Crippen LogP contribution in [0.1, 0.15) is 13.8 Å². The van der Waals surface area contributed by atoms with Gasteiger partial charge in [0.15, 0.2) is 11.5 Å². The minimum Gasteiger partial charge on any atom is -0.493 e. The molecule has 0 aliphatic carbocycles. The zero-order valence-corrected chi connectivity index (χ0v) is 13.1. The quantitative estimate of drug-likeness (QED) is 0.759. The van der Waals surface area contributed by atoms with Crippen LogP contribution in [0.3, 0.4) is 0 Å². The Hall–Kier alpha value is -2.02. The number of ether oxygens (including phenoxy) is 2. The standard InChI is InChI=1S/C14H16N2O4S/c1-8(17)9(2)21-14-16-15-13(20-14)10-5-6-11(18-3)12(7-10)19-4/h5-7,9H,1-4H3/t9-/m1/s1. The van der Waals surface area contributed by atoms with Gasteiger partial charge in [0.05, 0.1) is 19.5 Å². The fourth-order valence-corrected chi connectivity index (χ4v) is 2.26. The molecule has 2 aromatic rings. The van der Waals surface area contributed by atoms with Gasteiger partial charge in [0.2, 0.25) is 5.89 Å². The van der Waals surface area contributed by atoms with E-state index in [9.17, 15) is 4.79 Å². The minimum absolute atomic E-state index is 0.0610. The van der Waals surface area contributed by atoms with Gasteiger partial charge < -0.3 is 13.9 Å². The van der Waals surface area contributed by atoms with E-state index in [4.69, 9.17) is 13.9 Å². The van der Waals surface area contributed by atoms with Crippen molar-refractivity contribution < 1.29 is 18.7 Å². The molecule has 0 fully saturated rings. The van der Waals surface area contributed by atoms with Crippen molar-refractivity contribution in [2.24, 2.45) is 0 Å². The van der Waals surface area contributed by atoms with E-state index in [2.05, 4.69) is 10.2 Å². The number of hydrogen-bond donors (Lipinski definition) is 0. The topological polar surface area (TPSA) is 74.5 Å². The summed E-state index contributed by atoms with van der Waals surface area (Å²) in [7, 11) is 3.13. The molecule has 0 saturated heterocycles. The van der Waals surface area contributed by atoms with Crippen LogP contribution in [0.25, 0.3) is 11.5 Å². The summed E-state index contributed by atoms with van der Waals surface area (Å²) in [5.41, 5.74) is 0.725. The molecule has 1 aromatic heterocycles. The Morgan fingerprint density at radius 2 is 1.95 bits per heavy atom. The number of hydrogen-bond acceptors (Lipinski definition) is 7. The Morgan fingerprint density at radius 3 is 2.57 bits per heavy atom. The Balaban J connectivity index is 2.23. The number of carbonyl (C=O) groups is 1. The van der Waals surface area contributed by atoms with E-state index in [1.807, 2.05) is 0 Å². The first kappa shape index (κ1) is 15.4. The number of rotatable bonds is 6. The zero-order chi connectivity index (χ0) is 15.4. The molecule has 0 amide bonds. The lowest BCUT2D eigenvalue weighted by molar-refractivity contribution is -0.116. The van der Waals surface area contributed by atoms with Crippen LogP contribution >= 0.6 is 11.8 Å². The molecule has 1 atom stereocenters. The van der Waals surface area contributed by atoms with Crippen molar-refractivity contribution in [2.45, 2.75) is 24.3 Å². The van der Waals surface area contributed by atoms with E-state index >= 15 is 0 Å². The number of thioether (sulfide) groups is 1. The number of nitrogens with zero attached hydrogens (tertiary/aromatic N) is 2. The zero-order valence-electron chi connectivity index (χ0n) is 12.2. The molecule has 21 heavy (non-hydrogen) atoms. The SMILES string of the molecule is COc1ccc(-c2nnc(S[C@H](C)C(C)=O)o2)cc1OC. The molecule has 1 heterocycles. The van der Waals surface area contributed by atoms with Gasteiger partial charge in [0.25, 0.3) is 5.22 Å². The normalized spacial score (nSPS) is 12.0. The lowest BCUT2D eigenvalue weighted by atomic mass is 10.2. The second-order valence-corrected chi connectivity index (χ2v) is 5.61. The third-order valence-electron chi connectivity index (χ3n) is 2.89. The van der Waals surface area contributed by atoms with Crippen molar-refractivity contribution in [2.75, 3.05) is 14.2 Å². The van der Waals surface area contributed by atoms with Crippen LogP contribution in [0, 0.1) is 0 Å². The monoisotopic (exact) mass is 308 g/mol. The van der Waals surface area contributed by atoms with Gasteiger partial charge in [-0.3, -0.25) is 4.79 Å². The van der Waals surface area contributed by atoms with Gasteiger partial charge in [-0.05, 0) is 32.0 Å². The predicted octanol–water partition coefficient (Wildman–Crippen LogP) is 2.82. The molecule has 7 heteroatoms. The molecule has 0 radical (unpaired) electrons. The van der Waals surface area contributed by atoms with Gasteiger partial charge in [0, 0.05) is 5.56 Å². The average molecular weight is 308 g/mol. The van der Waals surface area contributed by atoms with Crippen molar-refractivity contribution in [3.63, 3.8) is 0 Å². The van der Waals surface area contributed by atoms with E-state index in [-0.39, 0.29) is 11.0 Å². The minimum atomic E-state index is -0.219. The summed E-state index contributed by atoms with van der Waals surface area (Å²) in [6, 6.07) is 5.33. The number of carbonyl (C=O) groups excluding carboxylic acids is 1. The van der Waals surface area contributed by atoms with Gasteiger partial charge in [0.1, 0.15) is 5.78 Å². The highest BCUT2D eigenvalue weighted by atomic mass is 32.2. The van der Waals surface area contributed by atoms with Crippen molar-refractivity contribution >= 4 is 17.5 Å². The second-order valence-electron chi connectivity index (χ2n) is 4.31. The molecule has 0 N–H and O–H groups in total. The summed E-state index contributed by atoms with van der Waals surface area (Å²) >= 11 is 1.24. The fourth-order valence-electron chi connectivity index (χ4n) is 1.58. The van der Waals surface area contributed by atoms with Crippen LogP contribution in [-0.2, 0) is 4.79 Å². The van der Waals surface area contributed by atoms with Crippen molar-refractivity contribution in [1.29, 1.82) is 0 Å². The van der Waals surface area contributed by atoms with Crippen LogP contribution in [-0.4, -0.2) is 35.5 Å². The molecular formula is C14H16N2O4S. The van der Waals surface area contributed by atoms with Crippen LogP contribution in [0.15, 0.2) is 27.8 Å². The van der Waals surface area contributed by atoms with E-state index in [0.29, 0.717) is 22.6 Å². The predicted molar refractivity (Wildman–Crippen MR) is 78.8 cm³/mol. The summed E-state index contributed by atoms with van der Waals surface area (Å²) in [6.07, 6.45) is 0. The van der Waals surface area contributed by atoms with E-state index < -0.39 is 0 Å². The molecule has 0 aliphatic rings. The maximum atomic E-state index is 11.2. The average Bonchev–Trinajstić information content (AvgIpc) is 2.94. The highest BCUT2D eigenvalue weighted by Crippen LogP contribution is 2.33. The Bertz CT molecular complexity index is 642. The van der Waals surface area contributed by atoms with Gasteiger partial charge in [-0.15, -0.1) is 10.2 Å². The Kier molecular flexibility index (Phi) is 4.85. The van der Waals surface area contributed by atoms with Crippen molar-refractivity contribution in [1.82, 2.24) is 10.2 Å². The first-order valence-electron chi connectivity index (χ1n) is 6.28. The number of benzene rings is 1. The van der Waals surface area contributed by atoms with E-state index in [0.717, 1.165) is 5.56 Å². The Morgan fingerprint density at radius 1 is 1.24 bits per heavy atom. The molecule has 1 aromatic carbocycles. The van der Waals surface area contributed by atoms with Crippen LogP contribution in [0.4, 0.5) is 0 Å². The third kappa shape index (κ3) is 3.55. The lowest BCUT2D eigenvalue weighted by Gasteiger charge is -2.07.